The minimum absolute atomic E-state index is 0.0887. The lowest BCUT2D eigenvalue weighted by Gasteiger charge is -2.73. The molecule has 2 spiro atoms. The summed E-state index contributed by atoms with van der Waals surface area (Å²) in [6.45, 7) is 7.73. The van der Waals surface area contributed by atoms with E-state index in [0.29, 0.717) is 25.7 Å². The zero-order chi connectivity index (χ0) is 21.9. The Balaban J connectivity index is 1.75. The number of ether oxygens (including phenoxy) is 1. The summed E-state index contributed by atoms with van der Waals surface area (Å²) in [5, 5.41) is 34.5. The number of hydrogen-bond acceptors (Lipinski definition) is 7. The van der Waals surface area contributed by atoms with Crippen LogP contribution in [0.25, 0.3) is 0 Å². The summed E-state index contributed by atoms with van der Waals surface area (Å²) < 4.78 is 5.83. The van der Waals surface area contributed by atoms with Gasteiger partial charge in [0.15, 0.2) is 5.78 Å². The molecular weight excluding hydrogens is 388 g/mol. The number of hydrogen-bond donors (Lipinski definition) is 3. The number of aliphatic hydroxyl groups excluding tert-OH is 2. The first-order valence-corrected chi connectivity index (χ1v) is 11.0. The number of ketones is 2. The number of Topliss-reactive ketones (excluding diaryl/α,β-unsaturated/α-hetero) is 2. The molecule has 6 rings (SSSR count). The fraction of sp³-hybridized carbons (Fsp3) is 0.783. The van der Waals surface area contributed by atoms with E-state index >= 15 is 0 Å². The highest BCUT2D eigenvalue weighted by Gasteiger charge is 2.87. The minimum Gasteiger partial charge on any atom is -0.391 e. The molecule has 30 heavy (non-hydrogen) atoms. The van der Waals surface area contributed by atoms with Crippen LogP contribution in [0.3, 0.4) is 0 Å². The molecule has 6 fully saturated rings. The molecule has 4 aliphatic carbocycles. The first-order chi connectivity index (χ1) is 14.0. The van der Waals surface area contributed by atoms with Crippen molar-refractivity contribution in [2.24, 2.45) is 39.9 Å². The molecule has 0 aromatic carbocycles. The molecule has 164 valence electrons. The second-order valence-corrected chi connectivity index (χ2v) is 10.9. The van der Waals surface area contributed by atoms with Gasteiger partial charge in [-0.25, -0.2) is 0 Å². The summed E-state index contributed by atoms with van der Waals surface area (Å²) in [6.07, 6.45) is 0.205. The molecule has 0 aromatic heterocycles. The van der Waals surface area contributed by atoms with Crippen LogP contribution in [0.15, 0.2) is 12.2 Å². The topological polar surface area (TPSA) is 121 Å². The van der Waals surface area contributed by atoms with Gasteiger partial charge in [0.05, 0.1) is 18.1 Å². The molecule has 7 nitrogen and oxygen atoms in total. The van der Waals surface area contributed by atoms with Crippen molar-refractivity contribution in [2.45, 2.75) is 63.9 Å². The Kier molecular flexibility index (Phi) is 4.02. The van der Waals surface area contributed by atoms with Gasteiger partial charge < -0.3 is 24.9 Å². The molecule has 7 heteroatoms. The van der Waals surface area contributed by atoms with Crippen LogP contribution in [0.1, 0.15) is 46.0 Å². The van der Waals surface area contributed by atoms with Gasteiger partial charge in [0.2, 0.25) is 5.79 Å². The van der Waals surface area contributed by atoms with Gasteiger partial charge in [0.1, 0.15) is 23.6 Å². The summed E-state index contributed by atoms with van der Waals surface area (Å²) in [5.74, 6) is -4.98. The van der Waals surface area contributed by atoms with Crippen LogP contribution >= 0.6 is 0 Å². The molecule has 0 aromatic rings. The van der Waals surface area contributed by atoms with Crippen LogP contribution in [0.2, 0.25) is 0 Å². The standard InChI is InChI=1S/C23H30O7/c1-11-13-6-7-14-21-10-30-23(29,22(14,16(11)25)18(13)27)19(28)15(21)20(2,3)9-12(17(21)26)5-4-8-24/h8,12-15,18-19,27-29H,1,4-7,9-10H2,2-3H3/t12-,13-,14-,15+,18+,19-,21-,22-,23-/m0/s1. The molecule has 6 aliphatic rings. The highest BCUT2D eigenvalue weighted by atomic mass is 16.6. The summed E-state index contributed by atoms with van der Waals surface area (Å²) in [4.78, 5) is 38.5. The highest BCUT2D eigenvalue weighted by Crippen LogP contribution is 2.76. The maximum absolute atomic E-state index is 14.0. The lowest BCUT2D eigenvalue weighted by atomic mass is 9.35. The molecule has 9 atom stereocenters. The molecule has 2 saturated heterocycles. The van der Waals surface area contributed by atoms with Crippen molar-refractivity contribution in [2.75, 3.05) is 6.61 Å². The second kappa shape index (κ2) is 5.88. The molecule has 0 radical (unpaired) electrons. The van der Waals surface area contributed by atoms with E-state index in [-0.39, 0.29) is 24.4 Å². The zero-order valence-electron chi connectivity index (χ0n) is 17.5. The van der Waals surface area contributed by atoms with Crippen molar-refractivity contribution in [3.8, 4) is 0 Å². The number of carbonyl (C=O) groups is 3. The first kappa shape index (κ1) is 20.5. The monoisotopic (exact) mass is 418 g/mol. The third-order valence-electron chi connectivity index (χ3n) is 9.37. The van der Waals surface area contributed by atoms with E-state index in [1.807, 2.05) is 13.8 Å². The van der Waals surface area contributed by atoms with E-state index in [9.17, 15) is 29.7 Å². The second-order valence-electron chi connectivity index (χ2n) is 10.9. The van der Waals surface area contributed by atoms with Crippen molar-refractivity contribution in [3.63, 3.8) is 0 Å². The predicted octanol–water partition coefficient (Wildman–Crippen LogP) is 0.789. The lowest BCUT2D eigenvalue weighted by Crippen LogP contribution is -2.85. The Labute approximate surface area is 175 Å². The van der Waals surface area contributed by atoms with Gasteiger partial charge in [0.25, 0.3) is 0 Å². The van der Waals surface area contributed by atoms with E-state index in [2.05, 4.69) is 6.58 Å². The number of aldehydes is 1. The maximum Gasteiger partial charge on any atom is 0.208 e. The van der Waals surface area contributed by atoms with Gasteiger partial charge in [-0.3, -0.25) is 9.59 Å². The number of carbonyl (C=O) groups excluding carboxylic acids is 3. The molecule has 4 bridgehead atoms. The lowest BCUT2D eigenvalue weighted by molar-refractivity contribution is -0.438. The first-order valence-electron chi connectivity index (χ1n) is 11.0. The third kappa shape index (κ3) is 1.87. The minimum atomic E-state index is -2.26. The van der Waals surface area contributed by atoms with Crippen LogP contribution in [-0.4, -0.2) is 57.8 Å². The Morgan fingerprint density at radius 3 is 2.57 bits per heavy atom. The van der Waals surface area contributed by atoms with E-state index in [4.69, 9.17) is 4.74 Å². The number of rotatable bonds is 3. The third-order valence-corrected chi connectivity index (χ3v) is 9.37. The normalized spacial score (nSPS) is 53.4. The molecule has 0 unspecified atom stereocenters. The van der Waals surface area contributed by atoms with E-state index in [1.54, 1.807) is 0 Å². The molecule has 0 amide bonds. The van der Waals surface area contributed by atoms with Crippen molar-refractivity contribution >= 4 is 17.9 Å². The van der Waals surface area contributed by atoms with Gasteiger partial charge >= 0.3 is 0 Å². The van der Waals surface area contributed by atoms with Crippen LogP contribution in [0, 0.1) is 39.9 Å². The highest BCUT2D eigenvalue weighted by molar-refractivity contribution is 6.06. The fourth-order valence-corrected chi connectivity index (χ4v) is 8.49. The van der Waals surface area contributed by atoms with Gasteiger partial charge in [-0.2, -0.15) is 0 Å². The predicted molar refractivity (Wildman–Crippen MR) is 104 cm³/mol. The zero-order valence-corrected chi connectivity index (χ0v) is 17.5. The Morgan fingerprint density at radius 1 is 1.20 bits per heavy atom. The summed E-state index contributed by atoms with van der Waals surface area (Å²) in [5.41, 5.74) is -3.25. The van der Waals surface area contributed by atoms with Crippen LogP contribution in [0.5, 0.6) is 0 Å². The SMILES string of the molecule is C=C1C(=O)[C@]23[C@H](O)[C@H]1CC[C@H]2[C@@]12CO[C@@]3(O)[C@@H](O)[C@@H]1C(C)(C)C[C@H](CCC=O)C2=O. The van der Waals surface area contributed by atoms with Crippen molar-refractivity contribution in [1.82, 2.24) is 0 Å². The van der Waals surface area contributed by atoms with E-state index in [1.165, 1.54) is 0 Å². The van der Waals surface area contributed by atoms with Gasteiger partial charge in [-0.15, -0.1) is 0 Å². The van der Waals surface area contributed by atoms with Crippen molar-refractivity contribution < 1.29 is 34.4 Å². The van der Waals surface area contributed by atoms with E-state index < -0.39 is 63.7 Å². The number of aliphatic hydroxyl groups is 3. The summed E-state index contributed by atoms with van der Waals surface area (Å²) in [7, 11) is 0. The van der Waals surface area contributed by atoms with Gasteiger partial charge in [-0.05, 0) is 42.6 Å². The molecule has 2 heterocycles. The largest absolute Gasteiger partial charge is 0.391 e. The molecule has 2 aliphatic heterocycles. The van der Waals surface area contributed by atoms with Crippen molar-refractivity contribution in [1.29, 1.82) is 0 Å². The number of fused-ring (bicyclic) bond motifs is 2. The Hall–Kier alpha value is -1.41. The molecular formula is C23H30O7. The smallest absolute Gasteiger partial charge is 0.208 e. The van der Waals surface area contributed by atoms with Gasteiger partial charge in [0, 0.05) is 24.2 Å². The quantitative estimate of drug-likeness (QED) is 0.458. The van der Waals surface area contributed by atoms with Crippen LogP contribution in [0.4, 0.5) is 0 Å². The summed E-state index contributed by atoms with van der Waals surface area (Å²) >= 11 is 0. The van der Waals surface area contributed by atoms with Crippen LogP contribution < -0.4 is 0 Å². The maximum atomic E-state index is 14.0. The summed E-state index contributed by atoms with van der Waals surface area (Å²) in [6, 6.07) is 0. The van der Waals surface area contributed by atoms with E-state index in [0.717, 1.165) is 6.29 Å². The molecule has 4 saturated carbocycles. The Morgan fingerprint density at radius 2 is 1.90 bits per heavy atom. The average Bonchev–Trinajstić information content (AvgIpc) is 2.80. The van der Waals surface area contributed by atoms with Gasteiger partial charge in [-0.1, -0.05) is 20.4 Å². The Bertz CT molecular complexity index is 864. The van der Waals surface area contributed by atoms with Crippen LogP contribution in [-0.2, 0) is 19.1 Å². The average molecular weight is 418 g/mol. The molecule has 3 N–H and O–H groups in total. The van der Waals surface area contributed by atoms with Crippen molar-refractivity contribution in [3.05, 3.63) is 12.2 Å². The fourth-order valence-electron chi connectivity index (χ4n) is 8.49.